The monoisotopic (exact) mass is 651 g/mol. The molecule has 0 aromatic heterocycles. The van der Waals surface area contributed by atoms with Crippen molar-refractivity contribution in [3.8, 4) is 0 Å². The molecule has 2 fully saturated rings. The summed E-state index contributed by atoms with van der Waals surface area (Å²) < 4.78 is 0. The van der Waals surface area contributed by atoms with Crippen LogP contribution < -0.4 is 0 Å². The summed E-state index contributed by atoms with van der Waals surface area (Å²) in [6.07, 6.45) is 6.70. The number of hydrogen-bond acceptors (Lipinski definition) is 3. The first-order valence-corrected chi connectivity index (χ1v) is 17.4. The van der Waals surface area contributed by atoms with Crippen LogP contribution in [0.5, 0.6) is 0 Å². The van der Waals surface area contributed by atoms with Crippen LogP contribution in [-0.2, 0) is 15.7 Å². The van der Waals surface area contributed by atoms with E-state index >= 15 is 0 Å². The SMILES string of the molecule is CC.CC.CN(C=O)C1(c2ccccc2)CCN(CCC[C@]2(c3ccc(Cl)c(Cl)c3)CCCN(C(=O)c3ccccc3)C2)CC1. The van der Waals surface area contributed by atoms with Gasteiger partial charge in [0.15, 0.2) is 0 Å². The molecule has 2 heterocycles. The van der Waals surface area contributed by atoms with Crippen molar-refractivity contribution in [2.75, 3.05) is 39.8 Å². The first-order valence-electron chi connectivity index (χ1n) is 16.6. The van der Waals surface area contributed by atoms with Crippen LogP contribution in [0.3, 0.4) is 0 Å². The molecule has 3 aromatic rings. The Labute approximate surface area is 281 Å². The fourth-order valence-corrected chi connectivity index (χ4v) is 7.26. The van der Waals surface area contributed by atoms with Gasteiger partial charge >= 0.3 is 0 Å². The second kappa shape index (κ2) is 17.7. The van der Waals surface area contributed by atoms with E-state index in [1.165, 1.54) is 5.56 Å². The Bertz CT molecular complexity index is 1330. The molecule has 0 unspecified atom stereocenters. The zero-order chi connectivity index (χ0) is 32.9. The molecule has 0 saturated carbocycles. The summed E-state index contributed by atoms with van der Waals surface area (Å²) in [5, 5.41) is 1.11. The topological polar surface area (TPSA) is 43.9 Å². The number of amides is 2. The lowest BCUT2D eigenvalue weighted by Gasteiger charge is -2.47. The Morgan fingerprint density at radius 3 is 2.04 bits per heavy atom. The fraction of sp³-hybridized carbons (Fsp3) is 0.474. The second-order valence-corrected chi connectivity index (χ2v) is 12.5. The van der Waals surface area contributed by atoms with E-state index in [9.17, 15) is 9.59 Å². The molecule has 3 aromatic carbocycles. The van der Waals surface area contributed by atoms with Crippen molar-refractivity contribution in [2.45, 2.75) is 77.2 Å². The van der Waals surface area contributed by atoms with Gasteiger partial charge in [-0.3, -0.25) is 9.59 Å². The van der Waals surface area contributed by atoms with Gasteiger partial charge in [-0.1, -0.05) is 105 Å². The Morgan fingerprint density at radius 2 is 1.44 bits per heavy atom. The fourth-order valence-electron chi connectivity index (χ4n) is 6.96. The summed E-state index contributed by atoms with van der Waals surface area (Å²) in [5.74, 6) is 0.0855. The number of rotatable bonds is 9. The van der Waals surface area contributed by atoms with Gasteiger partial charge in [-0.15, -0.1) is 0 Å². The van der Waals surface area contributed by atoms with Crippen LogP contribution >= 0.6 is 23.2 Å². The normalized spacial score (nSPS) is 19.3. The highest BCUT2D eigenvalue weighted by Crippen LogP contribution is 2.42. The maximum atomic E-state index is 13.5. The average Bonchev–Trinajstić information content (AvgIpc) is 3.11. The predicted molar refractivity (Wildman–Crippen MR) is 189 cm³/mol. The highest BCUT2D eigenvalue weighted by atomic mass is 35.5. The Hall–Kier alpha value is -2.86. The molecule has 0 radical (unpaired) electrons. The minimum atomic E-state index is -0.261. The van der Waals surface area contributed by atoms with Crippen LogP contribution in [0.2, 0.25) is 10.0 Å². The molecule has 0 aliphatic carbocycles. The third kappa shape index (κ3) is 8.69. The zero-order valence-electron chi connectivity index (χ0n) is 27.8. The van der Waals surface area contributed by atoms with E-state index in [1.54, 1.807) is 0 Å². The van der Waals surface area contributed by atoms with Crippen molar-refractivity contribution in [1.29, 1.82) is 0 Å². The molecule has 2 aliphatic rings. The van der Waals surface area contributed by atoms with Crippen LogP contribution in [0, 0.1) is 0 Å². The van der Waals surface area contributed by atoms with Gasteiger partial charge in [0, 0.05) is 44.2 Å². The van der Waals surface area contributed by atoms with Crippen molar-refractivity contribution >= 4 is 35.5 Å². The lowest BCUT2D eigenvalue weighted by molar-refractivity contribution is -0.124. The molecule has 0 spiro atoms. The van der Waals surface area contributed by atoms with E-state index in [0.29, 0.717) is 16.6 Å². The van der Waals surface area contributed by atoms with E-state index < -0.39 is 0 Å². The van der Waals surface area contributed by atoms with Crippen LogP contribution in [0.15, 0.2) is 78.9 Å². The van der Waals surface area contributed by atoms with E-state index in [-0.39, 0.29) is 16.9 Å². The number of halogens is 2. The van der Waals surface area contributed by atoms with Gasteiger partial charge in [0.25, 0.3) is 5.91 Å². The molecule has 7 heteroatoms. The molecule has 244 valence electrons. The van der Waals surface area contributed by atoms with Gasteiger partial charge < -0.3 is 14.7 Å². The Balaban J connectivity index is 0.00000133. The van der Waals surface area contributed by atoms with Gasteiger partial charge in [0.2, 0.25) is 6.41 Å². The lowest BCUT2D eigenvalue weighted by Crippen LogP contribution is -2.52. The molecule has 1 atom stereocenters. The first-order chi connectivity index (χ1) is 21.9. The average molecular weight is 653 g/mol. The quantitative estimate of drug-likeness (QED) is 0.217. The number of carbonyl (C=O) groups is 2. The van der Waals surface area contributed by atoms with E-state index in [0.717, 1.165) is 82.2 Å². The Morgan fingerprint density at radius 1 is 0.822 bits per heavy atom. The predicted octanol–water partition coefficient (Wildman–Crippen LogP) is 9.08. The molecular weight excluding hydrogens is 601 g/mol. The van der Waals surface area contributed by atoms with Crippen molar-refractivity contribution in [2.24, 2.45) is 0 Å². The first kappa shape index (κ1) is 36.6. The highest BCUT2D eigenvalue weighted by Gasteiger charge is 2.41. The van der Waals surface area contributed by atoms with Crippen molar-refractivity contribution in [3.63, 3.8) is 0 Å². The number of piperidine rings is 2. The Kier molecular flexibility index (Phi) is 14.4. The standard InChI is InChI=1S/C34H39Cl2N3O2.2C2H6/c1-37(26-40)34(28-12-6-3-7-13-28)18-22-38(23-19-34)20-8-16-33(29-14-15-30(35)31(36)24-29)17-9-21-39(25-33)32(41)27-10-4-2-5-11-27;2*1-2/h2-7,10-15,24,26H,8-9,16-23,25H2,1H3;2*1-2H3/t33-;;/m0../s1. The molecule has 2 saturated heterocycles. The molecule has 2 aliphatic heterocycles. The number of likely N-dealkylation sites (tertiary alicyclic amines) is 2. The van der Waals surface area contributed by atoms with Crippen molar-refractivity contribution in [1.82, 2.24) is 14.7 Å². The maximum absolute atomic E-state index is 13.5. The smallest absolute Gasteiger partial charge is 0.253 e. The summed E-state index contributed by atoms with van der Waals surface area (Å²) in [5.41, 5.74) is 2.65. The van der Waals surface area contributed by atoms with Crippen LogP contribution in [-0.4, -0.2) is 66.8 Å². The van der Waals surface area contributed by atoms with Crippen LogP contribution in [0.4, 0.5) is 0 Å². The minimum Gasteiger partial charge on any atom is -0.338 e. The zero-order valence-corrected chi connectivity index (χ0v) is 29.3. The molecule has 5 rings (SSSR count). The van der Waals surface area contributed by atoms with Crippen LogP contribution in [0.1, 0.15) is 87.7 Å². The number of hydrogen-bond donors (Lipinski definition) is 0. The summed E-state index contributed by atoms with van der Waals surface area (Å²) in [4.78, 5) is 31.7. The van der Waals surface area contributed by atoms with E-state index in [4.69, 9.17) is 23.2 Å². The largest absolute Gasteiger partial charge is 0.338 e. The van der Waals surface area contributed by atoms with Gasteiger partial charge in [-0.2, -0.15) is 0 Å². The number of carbonyl (C=O) groups excluding carboxylic acids is 2. The van der Waals surface area contributed by atoms with Gasteiger partial charge in [0.05, 0.1) is 15.6 Å². The van der Waals surface area contributed by atoms with Gasteiger partial charge in [0.1, 0.15) is 0 Å². The minimum absolute atomic E-state index is 0.0855. The van der Waals surface area contributed by atoms with Crippen LogP contribution in [0.25, 0.3) is 0 Å². The second-order valence-electron chi connectivity index (χ2n) is 11.7. The molecule has 2 amide bonds. The summed E-state index contributed by atoms with van der Waals surface area (Å²) >= 11 is 12.8. The summed E-state index contributed by atoms with van der Waals surface area (Å²) in [6, 6.07) is 26.0. The molecule has 45 heavy (non-hydrogen) atoms. The molecule has 5 nitrogen and oxygen atoms in total. The number of benzene rings is 3. The molecule has 0 N–H and O–H groups in total. The number of nitrogens with zero attached hydrogens (tertiary/aromatic N) is 3. The summed E-state index contributed by atoms with van der Waals surface area (Å²) in [7, 11) is 1.90. The maximum Gasteiger partial charge on any atom is 0.253 e. The molecule has 0 bridgehead atoms. The van der Waals surface area contributed by atoms with Crippen molar-refractivity contribution < 1.29 is 9.59 Å². The van der Waals surface area contributed by atoms with Crippen molar-refractivity contribution in [3.05, 3.63) is 106 Å². The third-order valence-corrected chi connectivity index (χ3v) is 10.1. The highest BCUT2D eigenvalue weighted by molar-refractivity contribution is 6.42. The lowest BCUT2D eigenvalue weighted by atomic mass is 9.70. The van der Waals surface area contributed by atoms with E-state index in [2.05, 4.69) is 35.2 Å². The van der Waals surface area contributed by atoms with Gasteiger partial charge in [-0.05, 0) is 80.5 Å². The molecular formula is C38H51Cl2N3O2. The summed E-state index contributed by atoms with van der Waals surface area (Å²) in [6.45, 7) is 12.3. The van der Waals surface area contributed by atoms with E-state index in [1.807, 2.05) is 93.1 Å². The van der Waals surface area contributed by atoms with Gasteiger partial charge in [-0.25, -0.2) is 0 Å². The third-order valence-electron chi connectivity index (χ3n) is 9.37.